The monoisotopic (exact) mass is 204 g/mol. The van der Waals surface area contributed by atoms with Crippen molar-refractivity contribution >= 4 is 10.9 Å². The van der Waals surface area contributed by atoms with Crippen molar-refractivity contribution in [2.24, 2.45) is 0 Å². The van der Waals surface area contributed by atoms with Gasteiger partial charge in [0.05, 0.1) is 11.7 Å². The Morgan fingerprint density at radius 2 is 2.13 bits per heavy atom. The van der Waals surface area contributed by atoms with Crippen molar-refractivity contribution in [3.05, 3.63) is 34.4 Å². The summed E-state index contributed by atoms with van der Waals surface area (Å²) in [5.74, 6) is 0.321. The van der Waals surface area contributed by atoms with Crippen LogP contribution in [0.5, 0.6) is 5.75 Å². The smallest absolute Gasteiger partial charge is 0.258 e. The summed E-state index contributed by atoms with van der Waals surface area (Å²) in [4.78, 5) is 17.9. The third-order valence-corrected chi connectivity index (χ3v) is 2.41. The zero-order valence-corrected chi connectivity index (χ0v) is 8.61. The average Bonchev–Trinajstić information content (AvgIpc) is 2.19. The van der Waals surface area contributed by atoms with Crippen LogP contribution in [0.4, 0.5) is 0 Å². The summed E-state index contributed by atoms with van der Waals surface area (Å²) >= 11 is 0. The molecule has 0 aliphatic carbocycles. The summed E-state index contributed by atoms with van der Waals surface area (Å²) < 4.78 is 0. The number of aromatic nitrogens is 2. The minimum absolute atomic E-state index is 0.0577. The van der Waals surface area contributed by atoms with E-state index in [9.17, 15) is 9.90 Å². The molecule has 1 heterocycles. The van der Waals surface area contributed by atoms with Crippen molar-refractivity contribution in [1.82, 2.24) is 9.97 Å². The lowest BCUT2D eigenvalue weighted by molar-refractivity contribution is 0.479. The molecule has 0 bridgehead atoms. The normalized spacial score (nSPS) is 11.1. The summed E-state index contributed by atoms with van der Waals surface area (Å²) in [6.45, 7) is 4.01. The molecule has 4 nitrogen and oxygen atoms in total. The van der Waals surface area contributed by atoms with E-state index in [0.29, 0.717) is 10.9 Å². The molecule has 0 amide bonds. The van der Waals surface area contributed by atoms with Gasteiger partial charge in [0.15, 0.2) is 0 Å². The minimum Gasteiger partial charge on any atom is -0.506 e. The van der Waals surface area contributed by atoms with E-state index < -0.39 is 0 Å². The predicted molar refractivity (Wildman–Crippen MR) is 58.1 cm³/mol. The van der Waals surface area contributed by atoms with Crippen LogP contribution in [0.15, 0.2) is 23.3 Å². The summed E-state index contributed by atoms with van der Waals surface area (Å²) in [7, 11) is 0. The Balaban J connectivity index is 2.86. The molecule has 0 aliphatic rings. The van der Waals surface area contributed by atoms with Crippen LogP contribution in [-0.4, -0.2) is 15.1 Å². The number of hydrogen-bond acceptors (Lipinski definition) is 3. The number of fused-ring (bicyclic) bond motifs is 1. The van der Waals surface area contributed by atoms with E-state index in [-0.39, 0.29) is 17.2 Å². The number of benzene rings is 1. The van der Waals surface area contributed by atoms with E-state index in [1.165, 1.54) is 6.33 Å². The number of aromatic amines is 1. The number of hydrogen-bond donors (Lipinski definition) is 2. The van der Waals surface area contributed by atoms with Crippen molar-refractivity contribution in [3.8, 4) is 5.75 Å². The lowest BCUT2D eigenvalue weighted by atomic mass is 10.0. The Kier molecular flexibility index (Phi) is 2.19. The molecule has 1 aromatic carbocycles. The molecule has 0 saturated heterocycles. The highest BCUT2D eigenvalue weighted by Crippen LogP contribution is 2.25. The van der Waals surface area contributed by atoms with Crippen LogP contribution in [0.2, 0.25) is 0 Å². The molecule has 0 aliphatic heterocycles. The molecule has 1 aromatic heterocycles. The zero-order valence-electron chi connectivity index (χ0n) is 8.61. The van der Waals surface area contributed by atoms with Gasteiger partial charge in [0.25, 0.3) is 5.56 Å². The van der Waals surface area contributed by atoms with Crippen molar-refractivity contribution in [3.63, 3.8) is 0 Å². The van der Waals surface area contributed by atoms with Gasteiger partial charge in [0, 0.05) is 0 Å². The molecule has 0 fully saturated rings. The highest BCUT2D eigenvalue weighted by atomic mass is 16.3. The Hall–Kier alpha value is -1.84. The van der Waals surface area contributed by atoms with Crippen molar-refractivity contribution in [2.75, 3.05) is 0 Å². The molecule has 2 N–H and O–H groups in total. The first-order valence-corrected chi connectivity index (χ1v) is 4.80. The number of nitrogens with one attached hydrogen (secondary N) is 1. The van der Waals surface area contributed by atoms with E-state index in [4.69, 9.17) is 0 Å². The first kappa shape index (κ1) is 9.71. The number of phenolic OH excluding ortho intramolecular Hbond substituents is 1. The van der Waals surface area contributed by atoms with E-state index >= 15 is 0 Å². The van der Waals surface area contributed by atoms with Gasteiger partial charge < -0.3 is 10.1 Å². The summed E-state index contributed by atoms with van der Waals surface area (Å²) in [6, 6.07) is 3.42. The van der Waals surface area contributed by atoms with Crippen LogP contribution in [0.3, 0.4) is 0 Å². The molecular formula is C11H12N2O2. The molecule has 0 unspecified atom stereocenters. The Bertz CT molecular complexity index is 558. The molecule has 78 valence electrons. The first-order valence-electron chi connectivity index (χ1n) is 4.80. The van der Waals surface area contributed by atoms with E-state index in [2.05, 4.69) is 9.97 Å². The summed E-state index contributed by atoms with van der Waals surface area (Å²) in [5, 5.41) is 10.1. The predicted octanol–water partition coefficient (Wildman–Crippen LogP) is 1.75. The Morgan fingerprint density at radius 1 is 1.40 bits per heavy atom. The van der Waals surface area contributed by atoms with Gasteiger partial charge >= 0.3 is 0 Å². The number of nitrogens with zero attached hydrogens (tertiary/aromatic N) is 1. The molecule has 2 rings (SSSR count). The molecular weight excluding hydrogens is 192 g/mol. The quantitative estimate of drug-likeness (QED) is 0.743. The standard InChI is InChI=1S/C11H12N2O2/c1-6(2)7-3-8-10(9(14)4-7)12-5-13-11(8)15/h3-6,14H,1-2H3,(H,12,13,15). The maximum absolute atomic E-state index is 11.5. The fourth-order valence-electron chi connectivity index (χ4n) is 1.52. The Labute approximate surface area is 86.6 Å². The zero-order chi connectivity index (χ0) is 11.0. The van der Waals surface area contributed by atoms with Gasteiger partial charge in [-0.25, -0.2) is 4.98 Å². The Morgan fingerprint density at radius 3 is 2.80 bits per heavy atom. The molecule has 2 aromatic rings. The van der Waals surface area contributed by atoms with Crippen LogP contribution >= 0.6 is 0 Å². The second kappa shape index (κ2) is 3.38. The van der Waals surface area contributed by atoms with Gasteiger partial charge in [-0.2, -0.15) is 0 Å². The maximum Gasteiger partial charge on any atom is 0.258 e. The fraction of sp³-hybridized carbons (Fsp3) is 0.273. The van der Waals surface area contributed by atoms with Crippen molar-refractivity contribution in [1.29, 1.82) is 0 Å². The molecule has 0 spiro atoms. The third kappa shape index (κ3) is 1.58. The second-order valence-corrected chi connectivity index (χ2v) is 3.82. The number of phenols is 1. The summed E-state index contributed by atoms with van der Waals surface area (Å²) in [6.07, 6.45) is 1.29. The van der Waals surface area contributed by atoms with Crippen molar-refractivity contribution < 1.29 is 5.11 Å². The van der Waals surface area contributed by atoms with Gasteiger partial charge in [-0.1, -0.05) is 13.8 Å². The van der Waals surface area contributed by atoms with Crippen LogP contribution in [0.25, 0.3) is 10.9 Å². The largest absolute Gasteiger partial charge is 0.506 e. The minimum atomic E-state index is -0.224. The molecule has 15 heavy (non-hydrogen) atoms. The molecule has 0 saturated carbocycles. The van der Waals surface area contributed by atoms with E-state index in [1.54, 1.807) is 12.1 Å². The van der Waals surface area contributed by atoms with E-state index in [1.807, 2.05) is 13.8 Å². The number of rotatable bonds is 1. The highest BCUT2D eigenvalue weighted by Gasteiger charge is 2.08. The highest BCUT2D eigenvalue weighted by molar-refractivity contribution is 5.84. The van der Waals surface area contributed by atoms with Crippen LogP contribution in [0, 0.1) is 0 Å². The van der Waals surface area contributed by atoms with Crippen LogP contribution < -0.4 is 5.56 Å². The van der Waals surface area contributed by atoms with Crippen LogP contribution in [-0.2, 0) is 0 Å². The van der Waals surface area contributed by atoms with Gasteiger partial charge in [-0.15, -0.1) is 0 Å². The molecule has 0 atom stereocenters. The molecule has 4 heteroatoms. The first-order chi connectivity index (χ1) is 7.09. The summed E-state index contributed by atoms with van der Waals surface area (Å²) in [5.41, 5.74) is 1.06. The topological polar surface area (TPSA) is 66.0 Å². The van der Waals surface area contributed by atoms with Gasteiger partial charge in [0.1, 0.15) is 11.3 Å². The number of aromatic hydroxyl groups is 1. The second-order valence-electron chi connectivity index (χ2n) is 3.82. The van der Waals surface area contributed by atoms with Gasteiger partial charge in [-0.05, 0) is 23.6 Å². The van der Waals surface area contributed by atoms with Gasteiger partial charge in [-0.3, -0.25) is 4.79 Å². The lowest BCUT2D eigenvalue weighted by Crippen LogP contribution is -2.07. The average molecular weight is 204 g/mol. The molecule has 0 radical (unpaired) electrons. The fourth-order valence-corrected chi connectivity index (χ4v) is 1.52. The van der Waals surface area contributed by atoms with Crippen molar-refractivity contribution in [2.45, 2.75) is 19.8 Å². The third-order valence-electron chi connectivity index (χ3n) is 2.41. The van der Waals surface area contributed by atoms with Gasteiger partial charge in [0.2, 0.25) is 0 Å². The number of H-pyrrole nitrogens is 1. The maximum atomic E-state index is 11.5. The van der Waals surface area contributed by atoms with Crippen LogP contribution in [0.1, 0.15) is 25.3 Å². The lowest BCUT2D eigenvalue weighted by Gasteiger charge is -2.07. The SMILES string of the molecule is CC(C)c1cc(O)c2nc[nH]c(=O)c2c1. The van der Waals surface area contributed by atoms with E-state index in [0.717, 1.165) is 5.56 Å².